The Morgan fingerprint density at radius 1 is 1.46 bits per heavy atom. The molecule has 144 valence electrons. The Morgan fingerprint density at radius 2 is 2.12 bits per heavy atom. The number of aliphatic hydroxyl groups is 1. The first-order valence-corrected chi connectivity index (χ1v) is 8.58. The van der Waals surface area contributed by atoms with E-state index in [9.17, 15) is 19.1 Å². The molecule has 0 radical (unpaired) electrons. The van der Waals surface area contributed by atoms with E-state index < -0.39 is 29.8 Å². The predicted octanol–water partition coefficient (Wildman–Crippen LogP) is 2.38. The van der Waals surface area contributed by atoms with Gasteiger partial charge in [0.1, 0.15) is 17.6 Å². The van der Waals surface area contributed by atoms with Gasteiger partial charge >= 0.3 is 6.09 Å². The summed E-state index contributed by atoms with van der Waals surface area (Å²) in [7, 11) is 0. The van der Waals surface area contributed by atoms with Crippen LogP contribution in [0.4, 0.5) is 20.6 Å². The van der Waals surface area contributed by atoms with E-state index in [2.05, 4.69) is 10.6 Å². The van der Waals surface area contributed by atoms with Crippen LogP contribution in [0.2, 0.25) is 0 Å². The highest BCUT2D eigenvalue weighted by molar-refractivity contribution is 5.99. The number of aliphatic hydroxyl groups excluding tert-OH is 1. The molecule has 1 aromatic rings. The number of benzene rings is 1. The van der Waals surface area contributed by atoms with Crippen molar-refractivity contribution < 1.29 is 23.8 Å². The van der Waals surface area contributed by atoms with E-state index in [1.165, 1.54) is 13.0 Å². The monoisotopic (exact) mass is 367 g/mol. The van der Waals surface area contributed by atoms with E-state index in [-0.39, 0.29) is 18.0 Å². The Bertz CT molecular complexity index is 700. The van der Waals surface area contributed by atoms with Crippen LogP contribution in [-0.2, 0) is 16.0 Å². The van der Waals surface area contributed by atoms with Crippen LogP contribution in [0.25, 0.3) is 0 Å². The van der Waals surface area contributed by atoms with E-state index >= 15 is 0 Å². The Labute approximate surface area is 152 Å². The molecule has 0 fully saturated rings. The first kappa shape index (κ1) is 20.0. The molecule has 0 bridgehead atoms. The summed E-state index contributed by atoms with van der Waals surface area (Å²) in [5.41, 5.74) is 0.506. The summed E-state index contributed by atoms with van der Waals surface area (Å²) in [4.78, 5) is 25.3. The van der Waals surface area contributed by atoms with Crippen molar-refractivity contribution in [1.29, 1.82) is 0 Å². The minimum atomic E-state index is -0.946. The number of halogens is 1. The highest BCUT2D eigenvalue weighted by Crippen LogP contribution is 2.32. The number of likely N-dealkylation sites (N-methyl/N-ethyl adjacent to an activating group) is 1. The van der Waals surface area contributed by atoms with Crippen molar-refractivity contribution in [1.82, 2.24) is 5.32 Å². The SMILES string of the molecule is CCN(c1cc(F)c2c(c1)CC(=O)N2)C(NC(=O)OC(C)(C)C)C(C)O. The number of nitrogens with zero attached hydrogens (tertiary/aromatic N) is 1. The molecule has 1 aliphatic rings. The molecule has 7 nitrogen and oxygen atoms in total. The number of rotatable bonds is 5. The van der Waals surface area contributed by atoms with Crippen molar-refractivity contribution in [3.63, 3.8) is 0 Å². The van der Waals surface area contributed by atoms with Crippen LogP contribution in [-0.4, -0.2) is 41.5 Å². The molecule has 1 heterocycles. The molecular weight excluding hydrogens is 341 g/mol. The summed E-state index contributed by atoms with van der Waals surface area (Å²) in [5, 5.41) is 15.3. The zero-order valence-electron chi connectivity index (χ0n) is 15.7. The van der Waals surface area contributed by atoms with Crippen LogP contribution in [0, 0.1) is 5.82 Å². The van der Waals surface area contributed by atoms with Gasteiger partial charge in [-0.25, -0.2) is 9.18 Å². The second-order valence-corrected chi connectivity index (χ2v) is 7.30. The third-order valence-corrected chi connectivity index (χ3v) is 3.90. The fourth-order valence-corrected chi connectivity index (χ4v) is 2.88. The highest BCUT2D eigenvalue weighted by atomic mass is 19.1. The molecule has 1 aliphatic heterocycles. The molecule has 2 rings (SSSR count). The lowest BCUT2D eigenvalue weighted by Gasteiger charge is -2.35. The maximum absolute atomic E-state index is 14.4. The van der Waals surface area contributed by atoms with Gasteiger partial charge in [-0.3, -0.25) is 10.1 Å². The van der Waals surface area contributed by atoms with Gasteiger partial charge in [0, 0.05) is 12.2 Å². The molecule has 2 amide bonds. The lowest BCUT2D eigenvalue weighted by molar-refractivity contribution is -0.115. The van der Waals surface area contributed by atoms with Crippen LogP contribution in [0.3, 0.4) is 0 Å². The summed E-state index contributed by atoms with van der Waals surface area (Å²) >= 11 is 0. The van der Waals surface area contributed by atoms with Gasteiger partial charge < -0.3 is 20.1 Å². The number of carbonyl (C=O) groups is 2. The van der Waals surface area contributed by atoms with Crippen molar-refractivity contribution in [2.45, 2.75) is 58.9 Å². The van der Waals surface area contributed by atoms with Crippen molar-refractivity contribution >= 4 is 23.4 Å². The zero-order valence-corrected chi connectivity index (χ0v) is 15.7. The van der Waals surface area contributed by atoms with Crippen LogP contribution in [0.5, 0.6) is 0 Å². The second-order valence-electron chi connectivity index (χ2n) is 7.30. The molecule has 0 spiro atoms. The van der Waals surface area contributed by atoms with Crippen molar-refractivity contribution in [2.24, 2.45) is 0 Å². The van der Waals surface area contributed by atoms with Crippen LogP contribution >= 0.6 is 0 Å². The molecule has 0 aromatic heterocycles. The number of hydrogen-bond donors (Lipinski definition) is 3. The highest BCUT2D eigenvalue weighted by Gasteiger charge is 2.29. The fourth-order valence-electron chi connectivity index (χ4n) is 2.88. The van der Waals surface area contributed by atoms with Crippen molar-refractivity contribution in [3.05, 3.63) is 23.5 Å². The van der Waals surface area contributed by atoms with Gasteiger partial charge in [0.25, 0.3) is 0 Å². The second kappa shape index (κ2) is 7.49. The summed E-state index contributed by atoms with van der Waals surface area (Å²) in [6.45, 7) is 8.95. The van der Waals surface area contributed by atoms with Crippen LogP contribution in [0.1, 0.15) is 40.2 Å². The number of nitrogens with one attached hydrogen (secondary N) is 2. The van der Waals surface area contributed by atoms with Crippen LogP contribution in [0.15, 0.2) is 12.1 Å². The Morgan fingerprint density at radius 3 is 2.65 bits per heavy atom. The number of alkyl carbamates (subject to hydrolysis) is 1. The summed E-state index contributed by atoms with van der Waals surface area (Å²) < 4.78 is 19.6. The lowest BCUT2D eigenvalue weighted by atomic mass is 10.1. The van der Waals surface area contributed by atoms with Gasteiger partial charge in [0.2, 0.25) is 5.91 Å². The molecule has 0 saturated heterocycles. The zero-order chi connectivity index (χ0) is 19.6. The lowest BCUT2D eigenvalue weighted by Crippen LogP contribution is -2.55. The third kappa shape index (κ3) is 4.63. The standard InChI is InChI=1S/C18H26FN3O4/c1-6-22(16(10(2)23)21-17(25)26-18(3,4)5)12-7-11-8-14(24)20-15(11)13(19)9-12/h7,9-10,16,23H,6,8H2,1-5H3,(H,20,24)(H,21,25). The van der Waals surface area contributed by atoms with E-state index in [0.29, 0.717) is 17.8 Å². The molecule has 26 heavy (non-hydrogen) atoms. The first-order chi connectivity index (χ1) is 12.0. The van der Waals surface area contributed by atoms with Gasteiger partial charge in [-0.05, 0) is 52.3 Å². The number of fused-ring (bicyclic) bond motifs is 1. The molecular formula is C18H26FN3O4. The number of hydrogen-bond acceptors (Lipinski definition) is 5. The summed E-state index contributed by atoms with van der Waals surface area (Å²) in [6, 6.07) is 2.96. The Hall–Kier alpha value is -2.35. The summed E-state index contributed by atoms with van der Waals surface area (Å²) in [6.07, 6.45) is -2.35. The molecule has 8 heteroatoms. The van der Waals surface area contributed by atoms with Gasteiger partial charge in [-0.15, -0.1) is 0 Å². The Balaban J connectivity index is 2.29. The topological polar surface area (TPSA) is 90.9 Å². The van der Waals surface area contributed by atoms with Gasteiger partial charge in [0.05, 0.1) is 18.2 Å². The quantitative estimate of drug-likeness (QED) is 0.695. The predicted molar refractivity (Wildman–Crippen MR) is 96.6 cm³/mol. The van der Waals surface area contributed by atoms with E-state index in [1.807, 2.05) is 6.92 Å². The Kier molecular flexibility index (Phi) is 5.75. The largest absolute Gasteiger partial charge is 0.444 e. The molecule has 0 aliphatic carbocycles. The third-order valence-electron chi connectivity index (χ3n) is 3.90. The smallest absolute Gasteiger partial charge is 0.409 e. The van der Waals surface area contributed by atoms with E-state index in [0.717, 1.165) is 0 Å². The average molecular weight is 367 g/mol. The molecule has 2 atom stereocenters. The molecule has 3 N–H and O–H groups in total. The maximum Gasteiger partial charge on any atom is 0.409 e. The van der Waals surface area contributed by atoms with Crippen LogP contribution < -0.4 is 15.5 Å². The minimum absolute atomic E-state index is 0.0937. The number of ether oxygens (including phenoxy) is 1. The van der Waals surface area contributed by atoms with Crippen molar-refractivity contribution in [3.8, 4) is 0 Å². The fraction of sp³-hybridized carbons (Fsp3) is 0.556. The molecule has 2 unspecified atom stereocenters. The average Bonchev–Trinajstić information content (AvgIpc) is 2.86. The minimum Gasteiger partial charge on any atom is -0.444 e. The van der Waals surface area contributed by atoms with Crippen molar-refractivity contribution in [2.75, 3.05) is 16.8 Å². The summed E-state index contributed by atoms with van der Waals surface area (Å²) in [5.74, 6) is -0.818. The van der Waals surface area contributed by atoms with Gasteiger partial charge in [-0.2, -0.15) is 0 Å². The number of amides is 2. The number of anilines is 2. The first-order valence-electron chi connectivity index (χ1n) is 8.58. The molecule has 0 saturated carbocycles. The van der Waals surface area contributed by atoms with Gasteiger partial charge in [0.15, 0.2) is 0 Å². The molecule has 1 aromatic carbocycles. The van der Waals surface area contributed by atoms with E-state index in [4.69, 9.17) is 4.74 Å². The maximum atomic E-state index is 14.4. The van der Waals surface area contributed by atoms with Gasteiger partial charge in [-0.1, -0.05) is 0 Å². The normalized spacial score (nSPS) is 15.7. The van der Waals surface area contributed by atoms with E-state index in [1.54, 1.807) is 31.7 Å². The number of carbonyl (C=O) groups excluding carboxylic acids is 2.